The highest BCUT2D eigenvalue weighted by molar-refractivity contribution is 4.82. The third-order valence-electron chi connectivity index (χ3n) is 2.41. The second kappa shape index (κ2) is 2.21. The largest absolute Gasteiger partial charge is 0.350 e. The molecule has 2 heterocycles. The number of hydrogen-bond acceptors (Lipinski definition) is 2. The molecule has 1 spiro atoms. The van der Waals surface area contributed by atoms with Crippen molar-refractivity contribution in [3.8, 4) is 0 Å². The van der Waals surface area contributed by atoms with Crippen LogP contribution in [0.2, 0.25) is 0 Å². The van der Waals surface area contributed by atoms with Gasteiger partial charge in [0.25, 0.3) is 0 Å². The van der Waals surface area contributed by atoms with E-state index in [0.29, 0.717) is 6.10 Å². The third kappa shape index (κ3) is 0.956. The zero-order valence-corrected chi connectivity index (χ0v) is 6.43. The van der Waals surface area contributed by atoms with E-state index < -0.39 is 0 Å². The van der Waals surface area contributed by atoms with Crippen molar-refractivity contribution in [3.63, 3.8) is 0 Å². The maximum Gasteiger partial charge on any atom is 0.168 e. The Bertz CT molecular complexity index is 127. The molecule has 10 heavy (non-hydrogen) atoms. The summed E-state index contributed by atoms with van der Waals surface area (Å²) < 4.78 is 11.2. The highest BCUT2D eigenvalue weighted by Crippen LogP contribution is 2.38. The quantitative estimate of drug-likeness (QED) is 0.512. The Hall–Kier alpha value is -0.0800. The van der Waals surface area contributed by atoms with Gasteiger partial charge in [0, 0.05) is 12.8 Å². The zero-order chi connectivity index (χ0) is 7.03. The molecule has 0 radical (unpaired) electrons. The van der Waals surface area contributed by atoms with Crippen LogP contribution in [0, 0.1) is 0 Å². The number of ether oxygens (including phenoxy) is 2. The van der Waals surface area contributed by atoms with E-state index in [-0.39, 0.29) is 5.79 Å². The second-order valence-electron chi connectivity index (χ2n) is 3.33. The van der Waals surface area contributed by atoms with Gasteiger partial charge in [-0.15, -0.1) is 0 Å². The van der Waals surface area contributed by atoms with Gasteiger partial charge in [0.05, 0.1) is 12.7 Å². The van der Waals surface area contributed by atoms with Gasteiger partial charge >= 0.3 is 0 Å². The van der Waals surface area contributed by atoms with Crippen LogP contribution in [-0.4, -0.2) is 18.5 Å². The molecule has 58 valence electrons. The molecular formula is C8H14O2. The first kappa shape index (κ1) is 6.62. The van der Waals surface area contributed by atoms with E-state index >= 15 is 0 Å². The van der Waals surface area contributed by atoms with Crippen molar-refractivity contribution in [3.05, 3.63) is 0 Å². The molecule has 2 rings (SSSR count). The molecule has 2 atom stereocenters. The number of hydrogen-bond donors (Lipinski definition) is 0. The lowest BCUT2D eigenvalue weighted by molar-refractivity contribution is -0.195. The normalized spacial score (nSPS) is 47.1. The molecule has 0 amide bonds. The van der Waals surface area contributed by atoms with E-state index in [0.717, 1.165) is 19.4 Å². The first-order valence-corrected chi connectivity index (χ1v) is 4.13. The molecule has 0 N–H and O–H groups in total. The van der Waals surface area contributed by atoms with Gasteiger partial charge in [-0.25, -0.2) is 0 Å². The van der Waals surface area contributed by atoms with Crippen LogP contribution in [0.3, 0.4) is 0 Å². The standard InChI is InChI=1S/C8H14O2/c1-7-3-5-8(10-7)4-2-6-9-8/h7H,2-6H2,1H3/t7-,8+/m1/s1. The molecule has 2 nitrogen and oxygen atoms in total. The minimum absolute atomic E-state index is 0.139. The molecule has 2 saturated heterocycles. The van der Waals surface area contributed by atoms with Crippen molar-refractivity contribution in [2.45, 2.75) is 44.5 Å². The van der Waals surface area contributed by atoms with Crippen LogP contribution in [0.25, 0.3) is 0 Å². The van der Waals surface area contributed by atoms with Crippen molar-refractivity contribution in [2.75, 3.05) is 6.61 Å². The molecule has 0 saturated carbocycles. The van der Waals surface area contributed by atoms with E-state index in [1.54, 1.807) is 0 Å². The molecular weight excluding hydrogens is 128 g/mol. The summed E-state index contributed by atoms with van der Waals surface area (Å²) in [4.78, 5) is 0. The third-order valence-corrected chi connectivity index (χ3v) is 2.41. The van der Waals surface area contributed by atoms with Gasteiger partial charge in [-0.05, 0) is 19.8 Å². The van der Waals surface area contributed by atoms with Crippen molar-refractivity contribution >= 4 is 0 Å². The zero-order valence-electron chi connectivity index (χ0n) is 6.43. The Morgan fingerprint density at radius 1 is 1.40 bits per heavy atom. The van der Waals surface area contributed by atoms with Gasteiger partial charge in [-0.1, -0.05) is 0 Å². The molecule has 2 aliphatic heterocycles. The first-order valence-electron chi connectivity index (χ1n) is 4.13. The van der Waals surface area contributed by atoms with Crippen molar-refractivity contribution in [2.24, 2.45) is 0 Å². The molecule has 0 bridgehead atoms. The van der Waals surface area contributed by atoms with Crippen LogP contribution < -0.4 is 0 Å². The van der Waals surface area contributed by atoms with E-state index in [1.165, 1.54) is 12.8 Å². The predicted molar refractivity (Wildman–Crippen MR) is 37.7 cm³/mol. The molecule has 0 aromatic heterocycles. The van der Waals surface area contributed by atoms with Crippen LogP contribution in [0.4, 0.5) is 0 Å². The lowest BCUT2D eigenvalue weighted by Crippen LogP contribution is -2.26. The maximum atomic E-state index is 5.69. The summed E-state index contributed by atoms with van der Waals surface area (Å²) in [6, 6.07) is 0. The van der Waals surface area contributed by atoms with E-state index in [9.17, 15) is 0 Å². The lowest BCUT2D eigenvalue weighted by atomic mass is 10.1. The van der Waals surface area contributed by atoms with E-state index in [2.05, 4.69) is 6.92 Å². The van der Waals surface area contributed by atoms with Crippen molar-refractivity contribution in [1.82, 2.24) is 0 Å². The molecule has 2 heteroatoms. The van der Waals surface area contributed by atoms with E-state index in [4.69, 9.17) is 9.47 Å². The molecule has 2 fully saturated rings. The maximum absolute atomic E-state index is 5.69. The molecule has 0 aromatic rings. The average molecular weight is 142 g/mol. The van der Waals surface area contributed by atoms with Gasteiger partial charge < -0.3 is 9.47 Å². The van der Waals surface area contributed by atoms with Gasteiger partial charge in [0.1, 0.15) is 0 Å². The molecule has 2 aliphatic rings. The van der Waals surface area contributed by atoms with Crippen molar-refractivity contribution in [1.29, 1.82) is 0 Å². The van der Waals surface area contributed by atoms with E-state index in [1.807, 2.05) is 0 Å². The van der Waals surface area contributed by atoms with Crippen LogP contribution in [0.5, 0.6) is 0 Å². The molecule has 0 unspecified atom stereocenters. The average Bonchev–Trinajstić information content (AvgIpc) is 2.46. The monoisotopic (exact) mass is 142 g/mol. The van der Waals surface area contributed by atoms with Crippen LogP contribution in [-0.2, 0) is 9.47 Å². The topological polar surface area (TPSA) is 18.5 Å². The summed E-state index contributed by atoms with van der Waals surface area (Å²) in [6.45, 7) is 3.02. The predicted octanol–water partition coefficient (Wildman–Crippen LogP) is 1.69. The summed E-state index contributed by atoms with van der Waals surface area (Å²) in [5.41, 5.74) is 0. The van der Waals surface area contributed by atoms with Crippen molar-refractivity contribution < 1.29 is 9.47 Å². The summed E-state index contributed by atoms with van der Waals surface area (Å²) in [7, 11) is 0. The SMILES string of the molecule is C[C@@H]1CC[C@]2(CCCO2)O1. The van der Waals surface area contributed by atoms with Crippen LogP contribution >= 0.6 is 0 Å². The Morgan fingerprint density at radius 3 is 2.80 bits per heavy atom. The minimum Gasteiger partial charge on any atom is -0.350 e. The van der Waals surface area contributed by atoms with Crippen LogP contribution in [0.1, 0.15) is 32.6 Å². The summed E-state index contributed by atoms with van der Waals surface area (Å²) in [5.74, 6) is -0.139. The fourth-order valence-corrected chi connectivity index (χ4v) is 1.87. The number of rotatable bonds is 0. The Labute approximate surface area is 61.5 Å². The summed E-state index contributed by atoms with van der Waals surface area (Å²) >= 11 is 0. The Kier molecular flexibility index (Phi) is 1.46. The molecule has 0 aromatic carbocycles. The lowest BCUT2D eigenvalue weighted by Gasteiger charge is -2.21. The van der Waals surface area contributed by atoms with Gasteiger partial charge in [0.2, 0.25) is 0 Å². The smallest absolute Gasteiger partial charge is 0.168 e. The van der Waals surface area contributed by atoms with Gasteiger partial charge in [-0.2, -0.15) is 0 Å². The Morgan fingerprint density at radius 2 is 2.30 bits per heavy atom. The molecule has 0 aliphatic carbocycles. The fraction of sp³-hybridized carbons (Fsp3) is 1.00. The summed E-state index contributed by atoms with van der Waals surface area (Å²) in [6.07, 6.45) is 4.97. The highest BCUT2D eigenvalue weighted by atomic mass is 16.7. The first-order chi connectivity index (χ1) is 4.81. The van der Waals surface area contributed by atoms with Gasteiger partial charge in [0.15, 0.2) is 5.79 Å². The second-order valence-corrected chi connectivity index (χ2v) is 3.33. The highest BCUT2D eigenvalue weighted by Gasteiger charge is 2.42. The van der Waals surface area contributed by atoms with Gasteiger partial charge in [-0.3, -0.25) is 0 Å². The Balaban J connectivity index is 2.03. The summed E-state index contributed by atoms with van der Waals surface area (Å²) in [5, 5.41) is 0. The fourth-order valence-electron chi connectivity index (χ4n) is 1.87. The minimum atomic E-state index is -0.139. The van der Waals surface area contributed by atoms with Crippen LogP contribution in [0.15, 0.2) is 0 Å².